The molecule has 1 heterocycles. The van der Waals surface area contributed by atoms with Gasteiger partial charge in [0.25, 0.3) is 0 Å². The highest BCUT2D eigenvalue weighted by molar-refractivity contribution is 14.1. The maximum Gasteiger partial charge on any atom is 0.171 e. The van der Waals surface area contributed by atoms with E-state index in [1.165, 1.54) is 5.56 Å². The smallest absolute Gasteiger partial charge is 0.171 e. The average Bonchev–Trinajstić information content (AvgIpc) is 2.66. The molecule has 3 nitrogen and oxygen atoms in total. The van der Waals surface area contributed by atoms with E-state index < -0.39 is 0 Å². The number of nitrogens with zero attached hydrogens (tertiary/aromatic N) is 3. The van der Waals surface area contributed by atoms with E-state index in [1.54, 1.807) is 6.20 Å². The highest BCUT2D eigenvalue weighted by Gasteiger charge is 1.99. The Bertz CT molecular complexity index is 493. The Kier molecular flexibility index (Phi) is 3.02. The summed E-state index contributed by atoms with van der Waals surface area (Å²) in [5.41, 5.74) is 1.86. The third kappa shape index (κ3) is 2.36. The van der Waals surface area contributed by atoms with Crippen molar-refractivity contribution < 1.29 is 0 Å². The van der Waals surface area contributed by atoms with Gasteiger partial charge in [-0.15, -0.1) is 0 Å². The largest absolute Gasteiger partial charge is 0.322 e. The average molecular weight is 309 g/mol. The Hall–Kier alpha value is -1.35. The SMILES string of the molecule is N#Cc1ccc(Cn2ccnc2I)cc1. The fraction of sp³-hybridized carbons (Fsp3) is 0.0909. The predicted molar refractivity (Wildman–Crippen MR) is 65.2 cm³/mol. The van der Waals surface area contributed by atoms with Crippen LogP contribution in [0.3, 0.4) is 0 Å². The molecule has 0 unspecified atom stereocenters. The third-order valence-corrected chi connectivity index (χ3v) is 3.00. The van der Waals surface area contributed by atoms with Gasteiger partial charge in [0.15, 0.2) is 3.83 Å². The summed E-state index contributed by atoms with van der Waals surface area (Å²) in [5.74, 6) is 0. The Morgan fingerprint density at radius 3 is 2.60 bits per heavy atom. The first-order valence-corrected chi connectivity index (χ1v) is 5.53. The lowest BCUT2D eigenvalue weighted by Gasteiger charge is -2.03. The zero-order valence-electron chi connectivity index (χ0n) is 7.89. The molecule has 1 aromatic heterocycles. The van der Waals surface area contributed by atoms with Gasteiger partial charge in [-0.1, -0.05) is 12.1 Å². The molecule has 0 bridgehead atoms. The molecule has 0 saturated carbocycles. The van der Waals surface area contributed by atoms with Crippen LogP contribution >= 0.6 is 22.6 Å². The fourth-order valence-corrected chi connectivity index (χ4v) is 1.80. The fourth-order valence-electron chi connectivity index (χ4n) is 1.31. The highest BCUT2D eigenvalue weighted by Crippen LogP contribution is 2.08. The minimum absolute atomic E-state index is 0.694. The zero-order chi connectivity index (χ0) is 10.7. The number of imidazole rings is 1. The van der Waals surface area contributed by atoms with Crippen LogP contribution in [0.25, 0.3) is 0 Å². The van der Waals surface area contributed by atoms with Crippen molar-refractivity contribution in [3.05, 3.63) is 51.6 Å². The number of aromatic nitrogens is 2. The second kappa shape index (κ2) is 4.45. The molecule has 0 atom stereocenters. The van der Waals surface area contributed by atoms with Gasteiger partial charge < -0.3 is 4.57 Å². The third-order valence-electron chi connectivity index (χ3n) is 2.10. The second-order valence-electron chi connectivity index (χ2n) is 3.13. The van der Waals surface area contributed by atoms with E-state index in [9.17, 15) is 0 Å². The van der Waals surface area contributed by atoms with Crippen molar-refractivity contribution >= 4 is 22.6 Å². The van der Waals surface area contributed by atoms with Crippen LogP contribution in [-0.2, 0) is 6.54 Å². The summed E-state index contributed by atoms with van der Waals surface area (Å²) in [6.07, 6.45) is 3.73. The van der Waals surface area contributed by atoms with Crippen molar-refractivity contribution in [2.45, 2.75) is 6.54 Å². The maximum absolute atomic E-state index is 8.66. The number of hydrogen-bond donors (Lipinski definition) is 0. The van der Waals surface area contributed by atoms with E-state index in [2.05, 4.69) is 38.2 Å². The minimum Gasteiger partial charge on any atom is -0.322 e. The number of benzene rings is 1. The quantitative estimate of drug-likeness (QED) is 0.800. The first kappa shape index (κ1) is 10.2. The Morgan fingerprint density at radius 2 is 2.07 bits per heavy atom. The van der Waals surface area contributed by atoms with Gasteiger partial charge in [0.05, 0.1) is 11.6 Å². The lowest BCUT2D eigenvalue weighted by Crippen LogP contribution is -2.00. The zero-order valence-corrected chi connectivity index (χ0v) is 10.0. The molecule has 0 saturated heterocycles. The molecule has 0 aliphatic carbocycles. The first-order valence-electron chi connectivity index (χ1n) is 4.45. The molecule has 15 heavy (non-hydrogen) atoms. The Balaban J connectivity index is 2.19. The van der Waals surface area contributed by atoms with Gasteiger partial charge in [0.1, 0.15) is 0 Å². The van der Waals surface area contributed by atoms with E-state index in [1.807, 2.05) is 30.5 Å². The number of halogens is 1. The molecular weight excluding hydrogens is 301 g/mol. The van der Waals surface area contributed by atoms with Gasteiger partial charge in [-0.2, -0.15) is 5.26 Å². The normalized spacial score (nSPS) is 9.87. The summed E-state index contributed by atoms with van der Waals surface area (Å²) in [5, 5.41) is 8.66. The van der Waals surface area contributed by atoms with Gasteiger partial charge >= 0.3 is 0 Å². The van der Waals surface area contributed by atoms with Crippen molar-refractivity contribution in [2.24, 2.45) is 0 Å². The molecule has 0 aliphatic rings. The van der Waals surface area contributed by atoms with Crippen molar-refractivity contribution in [3.8, 4) is 6.07 Å². The first-order chi connectivity index (χ1) is 7.29. The van der Waals surface area contributed by atoms with Gasteiger partial charge in [0.2, 0.25) is 0 Å². The lowest BCUT2D eigenvalue weighted by atomic mass is 10.1. The standard InChI is InChI=1S/C11H8IN3/c12-11-14-5-6-15(11)8-10-3-1-9(7-13)2-4-10/h1-6H,8H2. The molecular formula is C11H8IN3. The number of nitriles is 1. The van der Waals surface area contributed by atoms with E-state index in [4.69, 9.17) is 5.26 Å². The van der Waals surface area contributed by atoms with Crippen LogP contribution in [0.2, 0.25) is 0 Å². The van der Waals surface area contributed by atoms with Crippen molar-refractivity contribution in [1.29, 1.82) is 5.26 Å². The Morgan fingerprint density at radius 1 is 1.33 bits per heavy atom. The molecule has 2 aromatic rings. The van der Waals surface area contributed by atoms with E-state index in [0.29, 0.717) is 5.56 Å². The van der Waals surface area contributed by atoms with E-state index in [-0.39, 0.29) is 0 Å². The number of hydrogen-bond acceptors (Lipinski definition) is 2. The summed E-state index contributed by atoms with van der Waals surface area (Å²) in [4.78, 5) is 4.14. The molecule has 0 N–H and O–H groups in total. The monoisotopic (exact) mass is 309 g/mol. The minimum atomic E-state index is 0.694. The van der Waals surface area contributed by atoms with Crippen LogP contribution in [0.15, 0.2) is 36.7 Å². The van der Waals surface area contributed by atoms with Gasteiger partial charge in [0, 0.05) is 18.9 Å². The molecule has 1 aromatic carbocycles. The van der Waals surface area contributed by atoms with Crippen molar-refractivity contribution in [1.82, 2.24) is 9.55 Å². The predicted octanol–water partition coefficient (Wildman–Crippen LogP) is 2.41. The van der Waals surface area contributed by atoms with E-state index >= 15 is 0 Å². The van der Waals surface area contributed by atoms with Crippen LogP contribution in [0.4, 0.5) is 0 Å². The second-order valence-corrected chi connectivity index (χ2v) is 4.10. The summed E-state index contributed by atoms with van der Waals surface area (Å²) in [6, 6.07) is 9.70. The highest BCUT2D eigenvalue weighted by atomic mass is 127. The van der Waals surface area contributed by atoms with Gasteiger partial charge in [-0.25, -0.2) is 4.98 Å². The van der Waals surface area contributed by atoms with Crippen LogP contribution in [0.5, 0.6) is 0 Å². The molecule has 0 amide bonds. The van der Waals surface area contributed by atoms with Crippen LogP contribution in [-0.4, -0.2) is 9.55 Å². The molecule has 0 radical (unpaired) electrons. The molecule has 0 aliphatic heterocycles. The Labute approximate surface area is 102 Å². The molecule has 0 spiro atoms. The van der Waals surface area contributed by atoms with Crippen LogP contribution < -0.4 is 0 Å². The summed E-state index contributed by atoms with van der Waals surface area (Å²) < 4.78 is 3.03. The molecule has 2 rings (SSSR count). The van der Waals surface area contributed by atoms with Crippen LogP contribution in [0.1, 0.15) is 11.1 Å². The lowest BCUT2D eigenvalue weighted by molar-refractivity contribution is 0.772. The molecule has 4 heteroatoms. The maximum atomic E-state index is 8.66. The van der Waals surface area contributed by atoms with Gasteiger partial charge in [-0.3, -0.25) is 0 Å². The summed E-state index contributed by atoms with van der Waals surface area (Å²) in [6.45, 7) is 0.796. The topological polar surface area (TPSA) is 41.6 Å². The molecule has 74 valence electrons. The van der Waals surface area contributed by atoms with Crippen molar-refractivity contribution in [2.75, 3.05) is 0 Å². The summed E-state index contributed by atoms with van der Waals surface area (Å²) in [7, 11) is 0. The number of rotatable bonds is 2. The van der Waals surface area contributed by atoms with E-state index in [0.717, 1.165) is 10.4 Å². The van der Waals surface area contributed by atoms with Crippen LogP contribution in [0, 0.1) is 15.2 Å². The molecule has 0 fully saturated rings. The van der Waals surface area contributed by atoms with Gasteiger partial charge in [-0.05, 0) is 40.3 Å². The summed E-state index contributed by atoms with van der Waals surface area (Å²) >= 11 is 2.20. The van der Waals surface area contributed by atoms with Crippen molar-refractivity contribution in [3.63, 3.8) is 0 Å².